The highest BCUT2D eigenvalue weighted by atomic mass is 32.2. The van der Waals surface area contributed by atoms with Crippen molar-refractivity contribution in [2.75, 3.05) is 13.1 Å². The summed E-state index contributed by atoms with van der Waals surface area (Å²) in [5, 5.41) is 2.74. The van der Waals surface area contributed by atoms with E-state index in [1.165, 1.54) is 0 Å². The minimum Gasteiger partial charge on any atom is -0.315 e. The van der Waals surface area contributed by atoms with Gasteiger partial charge in [0.05, 0.1) is 5.25 Å². The van der Waals surface area contributed by atoms with Gasteiger partial charge < -0.3 is 5.32 Å². The molecular formula is C12H28N2O2S. The number of hydrogen-bond donors (Lipinski definition) is 2. The zero-order chi connectivity index (χ0) is 13.5. The van der Waals surface area contributed by atoms with Crippen LogP contribution in [-0.2, 0) is 10.0 Å². The molecule has 1 unspecified atom stereocenters. The van der Waals surface area contributed by atoms with Gasteiger partial charge in [-0.2, -0.15) is 0 Å². The normalized spacial score (nSPS) is 14.9. The van der Waals surface area contributed by atoms with Crippen LogP contribution in [0.5, 0.6) is 0 Å². The maximum Gasteiger partial charge on any atom is 0.215 e. The lowest BCUT2D eigenvalue weighted by Crippen LogP contribution is -2.48. The highest BCUT2D eigenvalue weighted by molar-refractivity contribution is 7.90. The van der Waals surface area contributed by atoms with Crippen LogP contribution in [-0.4, -0.2) is 32.3 Å². The molecule has 0 aromatic heterocycles. The van der Waals surface area contributed by atoms with Gasteiger partial charge in [-0.25, -0.2) is 13.1 Å². The predicted octanol–water partition coefficient (Wildman–Crippen LogP) is 1.87. The second-order valence-corrected chi connectivity index (χ2v) is 7.39. The molecule has 2 N–H and O–H groups in total. The van der Waals surface area contributed by atoms with Crippen molar-refractivity contribution in [2.24, 2.45) is 0 Å². The quantitative estimate of drug-likeness (QED) is 0.625. The van der Waals surface area contributed by atoms with E-state index in [0.717, 1.165) is 25.8 Å². The zero-order valence-corrected chi connectivity index (χ0v) is 12.7. The summed E-state index contributed by atoms with van der Waals surface area (Å²) in [7, 11) is -3.23. The molecular weight excluding hydrogens is 236 g/mol. The third-order valence-electron chi connectivity index (χ3n) is 2.68. The molecule has 0 radical (unpaired) electrons. The van der Waals surface area contributed by atoms with E-state index in [4.69, 9.17) is 0 Å². The van der Waals surface area contributed by atoms with E-state index in [1.54, 1.807) is 6.92 Å². The standard InChI is InChI=1S/C12H28N2O2S/c1-6-8-12(4,5)14-17(15,16)11(3)10-13-9-7-2/h11,13-14H,6-10H2,1-5H3. The van der Waals surface area contributed by atoms with Gasteiger partial charge in [0.25, 0.3) is 0 Å². The Morgan fingerprint density at radius 1 is 1.18 bits per heavy atom. The molecule has 0 aromatic rings. The van der Waals surface area contributed by atoms with Crippen molar-refractivity contribution >= 4 is 10.0 Å². The molecule has 0 aliphatic rings. The largest absolute Gasteiger partial charge is 0.315 e. The first kappa shape index (κ1) is 16.9. The van der Waals surface area contributed by atoms with Crippen molar-refractivity contribution in [1.82, 2.24) is 10.0 Å². The summed E-state index contributed by atoms with van der Waals surface area (Å²) < 4.78 is 26.9. The first-order valence-electron chi connectivity index (χ1n) is 6.48. The molecule has 0 rings (SSSR count). The molecule has 104 valence electrons. The highest BCUT2D eigenvalue weighted by Gasteiger charge is 2.28. The van der Waals surface area contributed by atoms with Gasteiger partial charge in [0.1, 0.15) is 0 Å². The summed E-state index contributed by atoms with van der Waals surface area (Å²) in [4.78, 5) is 0. The molecule has 0 fully saturated rings. The third kappa shape index (κ3) is 7.01. The maximum absolute atomic E-state index is 12.1. The van der Waals surface area contributed by atoms with Crippen LogP contribution in [0.25, 0.3) is 0 Å². The molecule has 0 aliphatic carbocycles. The Morgan fingerprint density at radius 3 is 2.24 bits per heavy atom. The third-order valence-corrected chi connectivity index (χ3v) is 4.75. The number of sulfonamides is 1. The molecule has 5 heteroatoms. The maximum atomic E-state index is 12.1. The fourth-order valence-corrected chi connectivity index (χ4v) is 3.16. The van der Waals surface area contributed by atoms with Crippen LogP contribution in [0.15, 0.2) is 0 Å². The van der Waals surface area contributed by atoms with E-state index in [-0.39, 0.29) is 5.54 Å². The lowest BCUT2D eigenvalue weighted by atomic mass is 10.0. The van der Waals surface area contributed by atoms with Gasteiger partial charge in [0, 0.05) is 12.1 Å². The molecule has 0 saturated heterocycles. The second-order valence-electron chi connectivity index (χ2n) is 5.30. The van der Waals surface area contributed by atoms with Gasteiger partial charge in [0.15, 0.2) is 0 Å². The molecule has 1 atom stereocenters. The van der Waals surface area contributed by atoms with Crippen LogP contribution < -0.4 is 10.0 Å². The average molecular weight is 264 g/mol. The van der Waals surface area contributed by atoms with Crippen LogP contribution in [0, 0.1) is 0 Å². The highest BCUT2D eigenvalue weighted by Crippen LogP contribution is 2.14. The smallest absolute Gasteiger partial charge is 0.215 e. The van der Waals surface area contributed by atoms with E-state index in [1.807, 2.05) is 13.8 Å². The second kappa shape index (κ2) is 7.34. The fourth-order valence-electron chi connectivity index (χ4n) is 1.75. The van der Waals surface area contributed by atoms with E-state index in [0.29, 0.717) is 6.54 Å². The Labute approximate surface area is 107 Å². The van der Waals surface area contributed by atoms with E-state index in [9.17, 15) is 8.42 Å². The van der Waals surface area contributed by atoms with Gasteiger partial charge >= 0.3 is 0 Å². The average Bonchev–Trinajstić information content (AvgIpc) is 2.15. The molecule has 0 bridgehead atoms. The molecule has 0 aliphatic heterocycles. The van der Waals surface area contributed by atoms with Gasteiger partial charge in [-0.3, -0.25) is 0 Å². The Kier molecular flexibility index (Phi) is 7.28. The predicted molar refractivity (Wildman–Crippen MR) is 73.7 cm³/mol. The molecule has 17 heavy (non-hydrogen) atoms. The molecule has 0 spiro atoms. The number of rotatable bonds is 9. The first-order valence-corrected chi connectivity index (χ1v) is 8.03. The number of nitrogens with one attached hydrogen (secondary N) is 2. The van der Waals surface area contributed by atoms with Crippen LogP contribution in [0.4, 0.5) is 0 Å². The minimum absolute atomic E-state index is 0.355. The van der Waals surface area contributed by atoms with Crippen molar-refractivity contribution in [1.29, 1.82) is 0 Å². The van der Waals surface area contributed by atoms with Crippen molar-refractivity contribution in [3.8, 4) is 0 Å². The summed E-state index contributed by atoms with van der Waals surface area (Å²) in [5.74, 6) is 0. The number of hydrogen-bond acceptors (Lipinski definition) is 3. The van der Waals surface area contributed by atoms with Crippen molar-refractivity contribution in [3.63, 3.8) is 0 Å². The first-order chi connectivity index (χ1) is 7.75. The Bertz CT molecular complexity index is 300. The summed E-state index contributed by atoms with van der Waals surface area (Å²) in [6.45, 7) is 11.1. The Balaban J connectivity index is 4.36. The molecule has 0 heterocycles. The van der Waals surface area contributed by atoms with E-state index >= 15 is 0 Å². The minimum atomic E-state index is -3.23. The van der Waals surface area contributed by atoms with Crippen molar-refractivity contribution in [2.45, 2.75) is 64.7 Å². The topological polar surface area (TPSA) is 58.2 Å². The fraction of sp³-hybridized carbons (Fsp3) is 1.00. The summed E-state index contributed by atoms with van der Waals surface area (Å²) >= 11 is 0. The van der Waals surface area contributed by atoms with Gasteiger partial charge in [-0.05, 0) is 40.2 Å². The van der Waals surface area contributed by atoms with Gasteiger partial charge in [-0.1, -0.05) is 20.3 Å². The van der Waals surface area contributed by atoms with E-state index in [2.05, 4.69) is 23.9 Å². The van der Waals surface area contributed by atoms with E-state index < -0.39 is 15.3 Å². The van der Waals surface area contributed by atoms with Crippen LogP contribution in [0.1, 0.15) is 53.9 Å². The monoisotopic (exact) mass is 264 g/mol. The van der Waals surface area contributed by atoms with Gasteiger partial charge in [0.2, 0.25) is 10.0 Å². The summed E-state index contributed by atoms with van der Waals surface area (Å²) in [6, 6.07) is 0. The van der Waals surface area contributed by atoms with Crippen molar-refractivity contribution < 1.29 is 8.42 Å². The lowest BCUT2D eigenvalue weighted by Gasteiger charge is -2.27. The lowest BCUT2D eigenvalue weighted by molar-refractivity contribution is 0.414. The van der Waals surface area contributed by atoms with Gasteiger partial charge in [-0.15, -0.1) is 0 Å². The van der Waals surface area contributed by atoms with Crippen LogP contribution in [0.3, 0.4) is 0 Å². The molecule has 0 saturated carbocycles. The zero-order valence-electron chi connectivity index (χ0n) is 11.8. The van der Waals surface area contributed by atoms with Crippen LogP contribution >= 0.6 is 0 Å². The molecule has 0 aromatic carbocycles. The Morgan fingerprint density at radius 2 is 1.76 bits per heavy atom. The molecule has 0 amide bonds. The summed E-state index contributed by atoms with van der Waals surface area (Å²) in [5.41, 5.74) is -0.355. The molecule has 4 nitrogen and oxygen atoms in total. The Hall–Kier alpha value is -0.130. The van der Waals surface area contributed by atoms with Crippen molar-refractivity contribution in [3.05, 3.63) is 0 Å². The summed E-state index contributed by atoms with van der Waals surface area (Å²) in [6.07, 6.45) is 2.83. The SMILES string of the molecule is CCCNCC(C)S(=O)(=O)NC(C)(C)CCC. The van der Waals surface area contributed by atoms with Crippen LogP contribution in [0.2, 0.25) is 0 Å².